The first-order chi connectivity index (χ1) is 12.3. The molecular weight excluding hydrogens is 374 g/mol. The third-order valence-corrected chi connectivity index (χ3v) is 6.20. The molecule has 3 N–H and O–H groups in total. The van der Waals surface area contributed by atoms with E-state index in [2.05, 4.69) is 15.6 Å². The van der Waals surface area contributed by atoms with Crippen LogP contribution in [0.4, 0.5) is 5.69 Å². The van der Waals surface area contributed by atoms with Crippen molar-refractivity contribution >= 4 is 38.9 Å². The quantitative estimate of drug-likeness (QED) is 0.627. The summed E-state index contributed by atoms with van der Waals surface area (Å²) in [6, 6.07) is 9.29. The average Bonchev–Trinajstić information content (AvgIpc) is 3.13. The molecule has 0 aliphatic heterocycles. The van der Waals surface area contributed by atoms with Crippen LogP contribution >= 0.6 is 11.3 Å². The minimum Gasteiger partial charge on any atom is -0.278 e. The van der Waals surface area contributed by atoms with E-state index in [1.165, 1.54) is 18.2 Å². The van der Waals surface area contributed by atoms with E-state index in [1.54, 1.807) is 23.6 Å². The van der Waals surface area contributed by atoms with E-state index < -0.39 is 15.9 Å². The number of sulfonamides is 1. The molecule has 9 heteroatoms. The number of rotatable bonds is 7. The Balaban J connectivity index is 2.06. The number of nitrogens with one attached hydrogen (secondary N) is 3. The summed E-state index contributed by atoms with van der Waals surface area (Å²) in [7, 11) is -3.77. The van der Waals surface area contributed by atoms with E-state index >= 15 is 0 Å². The summed E-state index contributed by atoms with van der Waals surface area (Å²) in [6.45, 7) is 4.00. The highest BCUT2D eigenvalue weighted by Gasteiger charge is 2.19. The van der Waals surface area contributed by atoms with Gasteiger partial charge in [0.05, 0.1) is 11.3 Å². The van der Waals surface area contributed by atoms with Crippen LogP contribution in [0.2, 0.25) is 0 Å². The van der Waals surface area contributed by atoms with Gasteiger partial charge in [0.2, 0.25) is 5.91 Å². The predicted molar refractivity (Wildman–Crippen MR) is 101 cm³/mol. The van der Waals surface area contributed by atoms with Crippen LogP contribution in [-0.2, 0) is 14.8 Å². The highest BCUT2D eigenvalue weighted by molar-refractivity contribution is 7.94. The minimum absolute atomic E-state index is 0.108. The van der Waals surface area contributed by atoms with Crippen molar-refractivity contribution in [1.82, 2.24) is 10.9 Å². The zero-order chi connectivity index (χ0) is 19.2. The third-order valence-electron chi connectivity index (χ3n) is 3.44. The van der Waals surface area contributed by atoms with Crippen molar-refractivity contribution in [2.45, 2.75) is 30.9 Å². The Kier molecular flexibility index (Phi) is 6.76. The van der Waals surface area contributed by atoms with Gasteiger partial charge in [-0.3, -0.25) is 25.2 Å². The number of carbonyl (C=O) groups is 2. The van der Waals surface area contributed by atoms with Gasteiger partial charge < -0.3 is 0 Å². The van der Waals surface area contributed by atoms with E-state index in [4.69, 9.17) is 0 Å². The van der Waals surface area contributed by atoms with Gasteiger partial charge in [-0.1, -0.05) is 32.0 Å². The molecule has 0 saturated carbocycles. The highest BCUT2D eigenvalue weighted by atomic mass is 32.2. The normalized spacial score (nSPS) is 11.2. The number of hydrogen-bond acceptors (Lipinski definition) is 5. The largest absolute Gasteiger partial charge is 0.278 e. The molecule has 2 amide bonds. The van der Waals surface area contributed by atoms with Crippen molar-refractivity contribution in [1.29, 1.82) is 0 Å². The van der Waals surface area contributed by atoms with Crippen LogP contribution in [0, 0.1) is 5.92 Å². The summed E-state index contributed by atoms with van der Waals surface area (Å²) < 4.78 is 27.3. The average molecular weight is 396 g/mol. The van der Waals surface area contributed by atoms with Crippen LogP contribution in [-0.4, -0.2) is 20.2 Å². The second-order valence-corrected chi connectivity index (χ2v) is 8.87. The molecule has 2 aromatic rings. The maximum absolute atomic E-state index is 12.4. The Morgan fingerprint density at radius 1 is 1.08 bits per heavy atom. The van der Waals surface area contributed by atoms with E-state index in [0.717, 1.165) is 11.3 Å². The molecule has 0 aliphatic rings. The molecule has 26 heavy (non-hydrogen) atoms. The number of amides is 2. The SMILES string of the molecule is CC(C)CCC(=O)NNC(=O)c1ccccc1NS(=O)(=O)c1cccs1. The first-order valence-corrected chi connectivity index (χ1v) is 10.4. The lowest BCUT2D eigenvalue weighted by Gasteiger charge is -2.13. The smallest absolute Gasteiger partial charge is 0.271 e. The molecule has 0 fully saturated rings. The summed E-state index contributed by atoms with van der Waals surface area (Å²) >= 11 is 1.08. The predicted octanol–water partition coefficient (Wildman–Crippen LogP) is 2.75. The van der Waals surface area contributed by atoms with Gasteiger partial charge in [-0.25, -0.2) is 8.42 Å². The molecule has 1 aromatic carbocycles. The molecule has 0 spiro atoms. The van der Waals surface area contributed by atoms with Crippen molar-refractivity contribution in [2.24, 2.45) is 5.92 Å². The standard InChI is InChI=1S/C17H21N3O4S2/c1-12(2)9-10-15(21)18-19-17(22)13-6-3-4-7-14(13)20-26(23,24)16-8-5-11-25-16/h3-8,11-12,20H,9-10H2,1-2H3,(H,18,21)(H,19,22). The molecule has 7 nitrogen and oxygen atoms in total. The summed E-state index contributed by atoms with van der Waals surface area (Å²) in [6.07, 6.45) is 1.00. The summed E-state index contributed by atoms with van der Waals surface area (Å²) in [5, 5.41) is 1.65. The van der Waals surface area contributed by atoms with E-state index in [0.29, 0.717) is 18.8 Å². The van der Waals surface area contributed by atoms with Gasteiger partial charge in [-0.05, 0) is 35.9 Å². The van der Waals surface area contributed by atoms with Crippen molar-refractivity contribution in [3.8, 4) is 0 Å². The number of anilines is 1. The molecule has 2 rings (SSSR count). The zero-order valence-electron chi connectivity index (χ0n) is 14.5. The van der Waals surface area contributed by atoms with Crippen molar-refractivity contribution < 1.29 is 18.0 Å². The lowest BCUT2D eigenvalue weighted by atomic mass is 10.1. The summed E-state index contributed by atoms with van der Waals surface area (Å²) in [4.78, 5) is 24.0. The topological polar surface area (TPSA) is 104 Å². The molecule has 1 heterocycles. The van der Waals surface area contributed by atoms with Crippen LogP contribution in [0.1, 0.15) is 37.0 Å². The second kappa shape index (κ2) is 8.81. The zero-order valence-corrected chi connectivity index (χ0v) is 16.1. The molecular formula is C17H21N3O4S2. The highest BCUT2D eigenvalue weighted by Crippen LogP contribution is 2.22. The maximum atomic E-state index is 12.4. The number of thiophene rings is 1. The Morgan fingerprint density at radius 3 is 2.46 bits per heavy atom. The summed E-state index contributed by atoms with van der Waals surface area (Å²) in [5.41, 5.74) is 4.90. The van der Waals surface area contributed by atoms with Crippen molar-refractivity contribution in [2.75, 3.05) is 4.72 Å². The van der Waals surface area contributed by atoms with Gasteiger partial charge >= 0.3 is 0 Å². The third kappa shape index (κ3) is 5.57. The van der Waals surface area contributed by atoms with Gasteiger partial charge in [0, 0.05) is 6.42 Å². The van der Waals surface area contributed by atoms with E-state index in [1.807, 2.05) is 13.8 Å². The molecule has 0 bridgehead atoms. The lowest BCUT2D eigenvalue weighted by Crippen LogP contribution is -2.41. The number of carbonyl (C=O) groups excluding carboxylic acids is 2. The van der Waals surface area contributed by atoms with Gasteiger partial charge in [0.15, 0.2) is 0 Å². The second-order valence-electron chi connectivity index (χ2n) is 6.02. The maximum Gasteiger partial charge on any atom is 0.271 e. The van der Waals surface area contributed by atoms with Crippen LogP contribution in [0.5, 0.6) is 0 Å². The van der Waals surface area contributed by atoms with Gasteiger partial charge in [-0.2, -0.15) is 0 Å². The fourth-order valence-corrected chi connectivity index (χ4v) is 4.13. The molecule has 0 atom stereocenters. The van der Waals surface area contributed by atoms with Crippen molar-refractivity contribution in [3.63, 3.8) is 0 Å². The van der Waals surface area contributed by atoms with E-state index in [9.17, 15) is 18.0 Å². The van der Waals surface area contributed by atoms with E-state index in [-0.39, 0.29) is 21.4 Å². The fraction of sp³-hybridized carbons (Fsp3) is 0.294. The number of benzene rings is 1. The molecule has 0 radical (unpaired) electrons. The van der Waals surface area contributed by atoms with Gasteiger partial charge in [0.1, 0.15) is 4.21 Å². The molecule has 0 aliphatic carbocycles. The fourth-order valence-electron chi connectivity index (χ4n) is 2.06. The van der Waals surface area contributed by atoms with Gasteiger partial charge in [0.25, 0.3) is 15.9 Å². The lowest BCUT2D eigenvalue weighted by molar-refractivity contribution is -0.122. The Hall–Kier alpha value is -2.39. The van der Waals surface area contributed by atoms with Gasteiger partial charge in [-0.15, -0.1) is 11.3 Å². The van der Waals surface area contributed by atoms with Crippen LogP contribution < -0.4 is 15.6 Å². The molecule has 0 saturated heterocycles. The van der Waals surface area contributed by atoms with Crippen LogP contribution in [0.25, 0.3) is 0 Å². The Bertz CT molecular complexity index is 862. The number of hydrazine groups is 1. The number of hydrogen-bond donors (Lipinski definition) is 3. The van der Waals surface area contributed by atoms with Crippen molar-refractivity contribution in [3.05, 3.63) is 47.3 Å². The van der Waals surface area contributed by atoms with Crippen LogP contribution in [0.3, 0.4) is 0 Å². The van der Waals surface area contributed by atoms with Crippen LogP contribution in [0.15, 0.2) is 46.0 Å². The minimum atomic E-state index is -3.77. The Morgan fingerprint density at radius 2 is 1.81 bits per heavy atom. The monoisotopic (exact) mass is 395 g/mol. The molecule has 140 valence electrons. The molecule has 1 aromatic heterocycles. The number of para-hydroxylation sites is 1. The first kappa shape index (κ1) is 19.9. The molecule has 0 unspecified atom stereocenters. The summed E-state index contributed by atoms with van der Waals surface area (Å²) in [5.74, 6) is -0.528. The Labute approximate surface area is 156 Å². The first-order valence-electron chi connectivity index (χ1n) is 8.04.